The van der Waals surface area contributed by atoms with Crippen LogP contribution >= 0.6 is 34.8 Å². The van der Waals surface area contributed by atoms with Crippen molar-refractivity contribution in [3.05, 3.63) is 27.2 Å². The van der Waals surface area contributed by atoms with Gasteiger partial charge in [0.15, 0.2) is 0 Å². The minimum absolute atomic E-state index is 0.0303. The van der Waals surface area contributed by atoms with Crippen molar-refractivity contribution in [3.8, 4) is 0 Å². The molecule has 2 N–H and O–H groups in total. The number of carbonyl (C=O) groups is 2. The molecule has 3 amide bonds. The average Bonchev–Trinajstić information content (AvgIpc) is 2.53. The molecule has 2 rings (SSSR count). The molecule has 0 spiro atoms. The van der Waals surface area contributed by atoms with Crippen LogP contribution in [0.3, 0.4) is 0 Å². The number of likely N-dealkylation sites (tertiary alicyclic amines) is 1. The molecule has 0 atom stereocenters. The maximum Gasteiger partial charge on any atom is 0.409 e. The number of hydrogen-bond acceptors (Lipinski definition) is 3. The molecule has 6 nitrogen and oxygen atoms in total. The Morgan fingerprint density at radius 1 is 1.17 bits per heavy atom. The number of hydrogen-bond donors (Lipinski definition) is 2. The monoisotopic (exact) mass is 393 g/mol. The summed E-state index contributed by atoms with van der Waals surface area (Å²) in [6, 6.07) is 2.55. The van der Waals surface area contributed by atoms with Crippen molar-refractivity contribution < 1.29 is 14.3 Å². The van der Waals surface area contributed by atoms with Gasteiger partial charge < -0.3 is 20.3 Å². The summed E-state index contributed by atoms with van der Waals surface area (Å²) in [4.78, 5) is 25.4. The van der Waals surface area contributed by atoms with Crippen molar-refractivity contribution in [3.63, 3.8) is 0 Å². The van der Waals surface area contributed by atoms with Crippen LogP contribution in [0.15, 0.2) is 12.1 Å². The molecule has 1 heterocycles. The van der Waals surface area contributed by atoms with E-state index in [-0.39, 0.29) is 18.2 Å². The van der Waals surface area contributed by atoms with E-state index in [4.69, 9.17) is 39.5 Å². The van der Waals surface area contributed by atoms with E-state index >= 15 is 0 Å². The first-order valence-electron chi connectivity index (χ1n) is 7.54. The number of amides is 3. The van der Waals surface area contributed by atoms with Gasteiger partial charge in [0.25, 0.3) is 0 Å². The Labute approximate surface area is 155 Å². The molecular weight excluding hydrogens is 377 g/mol. The molecule has 0 radical (unpaired) electrons. The Morgan fingerprint density at radius 3 is 2.42 bits per heavy atom. The molecule has 0 unspecified atom stereocenters. The van der Waals surface area contributed by atoms with Gasteiger partial charge in [-0.1, -0.05) is 34.8 Å². The molecule has 0 bridgehead atoms. The van der Waals surface area contributed by atoms with Crippen molar-refractivity contribution in [2.75, 3.05) is 25.0 Å². The zero-order valence-electron chi connectivity index (χ0n) is 13.1. The minimum Gasteiger partial charge on any atom is -0.450 e. The second-order valence-electron chi connectivity index (χ2n) is 5.30. The van der Waals surface area contributed by atoms with Gasteiger partial charge in [-0.05, 0) is 31.9 Å². The predicted octanol–water partition coefficient (Wildman–Crippen LogP) is 4.39. The van der Waals surface area contributed by atoms with Crippen LogP contribution in [-0.4, -0.2) is 42.8 Å². The maximum absolute atomic E-state index is 12.1. The summed E-state index contributed by atoms with van der Waals surface area (Å²) in [5.41, 5.74) is 0.382. The number of rotatable bonds is 3. The summed E-state index contributed by atoms with van der Waals surface area (Å²) >= 11 is 17.8. The predicted molar refractivity (Wildman–Crippen MR) is 95.2 cm³/mol. The molecule has 1 fully saturated rings. The van der Waals surface area contributed by atoms with Gasteiger partial charge >= 0.3 is 12.1 Å². The van der Waals surface area contributed by atoms with Gasteiger partial charge in [0.1, 0.15) is 0 Å². The summed E-state index contributed by atoms with van der Waals surface area (Å²) in [5.74, 6) is 0. The molecule has 9 heteroatoms. The highest BCUT2D eigenvalue weighted by atomic mass is 35.5. The van der Waals surface area contributed by atoms with E-state index in [1.54, 1.807) is 11.8 Å². The van der Waals surface area contributed by atoms with Crippen LogP contribution in [0.4, 0.5) is 15.3 Å². The summed E-state index contributed by atoms with van der Waals surface area (Å²) in [6.07, 6.45) is 0.992. The molecule has 1 aliphatic rings. The van der Waals surface area contributed by atoms with Crippen molar-refractivity contribution in [2.45, 2.75) is 25.8 Å². The quantitative estimate of drug-likeness (QED) is 0.747. The average molecular weight is 395 g/mol. The molecule has 132 valence electrons. The summed E-state index contributed by atoms with van der Waals surface area (Å²) in [6.45, 7) is 3.20. The Bertz CT molecular complexity index is 619. The van der Waals surface area contributed by atoms with E-state index in [9.17, 15) is 9.59 Å². The van der Waals surface area contributed by atoms with E-state index in [0.29, 0.717) is 53.3 Å². The van der Waals surface area contributed by atoms with Crippen LogP contribution in [-0.2, 0) is 4.74 Å². The Hall–Kier alpha value is -1.37. The molecule has 0 aromatic heterocycles. The summed E-state index contributed by atoms with van der Waals surface area (Å²) in [7, 11) is 0. The molecular formula is C15H18Cl3N3O3. The van der Waals surface area contributed by atoms with E-state index in [0.717, 1.165) is 0 Å². The first-order chi connectivity index (χ1) is 11.4. The number of urea groups is 1. The first kappa shape index (κ1) is 19.0. The van der Waals surface area contributed by atoms with E-state index in [1.807, 2.05) is 0 Å². The normalized spacial score (nSPS) is 15.1. The third-order valence-electron chi connectivity index (χ3n) is 3.61. The smallest absolute Gasteiger partial charge is 0.409 e. The number of halogens is 3. The number of anilines is 1. The topological polar surface area (TPSA) is 70.7 Å². The number of nitrogens with zero attached hydrogens (tertiary/aromatic N) is 1. The number of carbonyl (C=O) groups excluding carboxylic acids is 2. The van der Waals surface area contributed by atoms with Crippen LogP contribution < -0.4 is 10.6 Å². The van der Waals surface area contributed by atoms with Crippen LogP contribution in [0.1, 0.15) is 19.8 Å². The van der Waals surface area contributed by atoms with Gasteiger partial charge in [-0.3, -0.25) is 0 Å². The molecule has 0 saturated carbocycles. The lowest BCUT2D eigenvalue weighted by molar-refractivity contribution is 0.0959. The Balaban J connectivity index is 1.84. The van der Waals surface area contributed by atoms with Crippen molar-refractivity contribution in [2.24, 2.45) is 0 Å². The van der Waals surface area contributed by atoms with Gasteiger partial charge in [-0.15, -0.1) is 0 Å². The summed E-state index contributed by atoms with van der Waals surface area (Å²) < 4.78 is 4.96. The number of ether oxygens (including phenoxy) is 1. The van der Waals surface area contributed by atoms with Crippen LogP contribution in [0.2, 0.25) is 15.1 Å². The fraction of sp³-hybridized carbons (Fsp3) is 0.467. The van der Waals surface area contributed by atoms with Crippen LogP contribution in [0.25, 0.3) is 0 Å². The molecule has 1 aromatic carbocycles. The summed E-state index contributed by atoms with van der Waals surface area (Å²) in [5, 5.41) is 6.43. The Kier molecular flexibility index (Phi) is 6.83. The van der Waals surface area contributed by atoms with Crippen molar-refractivity contribution in [1.29, 1.82) is 0 Å². The highest BCUT2D eigenvalue weighted by Gasteiger charge is 2.24. The Morgan fingerprint density at radius 2 is 1.79 bits per heavy atom. The maximum atomic E-state index is 12.1. The SMILES string of the molecule is CCOC(=O)N1CCC(NC(=O)Nc2cc(Cl)c(Cl)cc2Cl)CC1. The van der Waals surface area contributed by atoms with Gasteiger partial charge in [0.05, 0.1) is 27.4 Å². The zero-order chi connectivity index (χ0) is 17.7. The lowest BCUT2D eigenvalue weighted by Crippen LogP contribution is -2.47. The van der Waals surface area contributed by atoms with Gasteiger partial charge in [0, 0.05) is 19.1 Å². The zero-order valence-corrected chi connectivity index (χ0v) is 15.3. The van der Waals surface area contributed by atoms with Gasteiger partial charge in [-0.2, -0.15) is 0 Å². The third-order valence-corrected chi connectivity index (χ3v) is 4.65. The number of nitrogens with one attached hydrogen (secondary N) is 2. The van der Waals surface area contributed by atoms with Crippen molar-refractivity contribution in [1.82, 2.24) is 10.2 Å². The largest absolute Gasteiger partial charge is 0.450 e. The van der Waals surface area contributed by atoms with Crippen LogP contribution in [0.5, 0.6) is 0 Å². The van der Waals surface area contributed by atoms with Crippen molar-refractivity contribution >= 4 is 52.6 Å². The highest BCUT2D eigenvalue weighted by molar-refractivity contribution is 6.44. The molecule has 1 aromatic rings. The second kappa shape index (κ2) is 8.65. The molecule has 0 aliphatic carbocycles. The second-order valence-corrected chi connectivity index (χ2v) is 6.53. The highest BCUT2D eigenvalue weighted by Crippen LogP contribution is 2.32. The van der Waals surface area contributed by atoms with Gasteiger partial charge in [0.2, 0.25) is 0 Å². The van der Waals surface area contributed by atoms with Gasteiger partial charge in [-0.25, -0.2) is 9.59 Å². The molecule has 1 aliphatic heterocycles. The fourth-order valence-electron chi connectivity index (χ4n) is 2.38. The van der Waals surface area contributed by atoms with E-state index < -0.39 is 0 Å². The third kappa shape index (κ3) is 5.06. The number of benzene rings is 1. The minimum atomic E-state index is -0.384. The molecule has 1 saturated heterocycles. The lowest BCUT2D eigenvalue weighted by atomic mass is 10.1. The van der Waals surface area contributed by atoms with E-state index in [1.165, 1.54) is 12.1 Å². The van der Waals surface area contributed by atoms with Crippen LogP contribution in [0, 0.1) is 0 Å². The first-order valence-corrected chi connectivity index (χ1v) is 8.67. The lowest BCUT2D eigenvalue weighted by Gasteiger charge is -2.31. The van der Waals surface area contributed by atoms with E-state index in [2.05, 4.69) is 10.6 Å². The molecule has 24 heavy (non-hydrogen) atoms. The fourth-order valence-corrected chi connectivity index (χ4v) is 2.98. The standard InChI is InChI=1S/C15H18Cl3N3O3/c1-2-24-15(23)21-5-3-9(4-6-21)19-14(22)20-13-8-11(17)10(16)7-12(13)18/h7-9H,2-6H2,1H3,(H2,19,20,22). The number of piperidine rings is 1.